The van der Waals surface area contributed by atoms with Crippen molar-refractivity contribution in [1.82, 2.24) is 0 Å². The van der Waals surface area contributed by atoms with Crippen molar-refractivity contribution in [3.05, 3.63) is 28.2 Å². The molecule has 2 aliphatic rings. The number of nitrogens with zero attached hydrogens (tertiary/aromatic N) is 1. The number of hydrogen-bond acceptors (Lipinski definition) is 1. The van der Waals surface area contributed by atoms with Gasteiger partial charge in [-0.25, -0.2) is 0 Å². The first-order valence-electron chi connectivity index (χ1n) is 5.57. The first-order chi connectivity index (χ1) is 7.95. The number of anilines is 1. The Bertz CT molecular complexity index is 448. The summed E-state index contributed by atoms with van der Waals surface area (Å²) < 4.78 is 38.7. The van der Waals surface area contributed by atoms with Gasteiger partial charge in [-0.05, 0) is 52.4 Å². The van der Waals surface area contributed by atoms with Crippen LogP contribution in [0.25, 0.3) is 0 Å². The second kappa shape index (κ2) is 3.64. The van der Waals surface area contributed by atoms with Gasteiger partial charge in [0.25, 0.3) is 0 Å². The van der Waals surface area contributed by atoms with Crippen molar-refractivity contribution in [2.45, 2.75) is 12.6 Å². The average molecular weight is 306 g/mol. The van der Waals surface area contributed by atoms with Crippen LogP contribution in [0.15, 0.2) is 22.7 Å². The van der Waals surface area contributed by atoms with E-state index in [1.54, 1.807) is 0 Å². The molecule has 92 valence electrons. The van der Waals surface area contributed by atoms with Crippen LogP contribution in [0.3, 0.4) is 0 Å². The van der Waals surface area contributed by atoms with Gasteiger partial charge < -0.3 is 4.90 Å². The molecule has 2 atom stereocenters. The lowest BCUT2D eigenvalue weighted by molar-refractivity contribution is -0.137. The highest BCUT2D eigenvalue weighted by molar-refractivity contribution is 9.10. The van der Waals surface area contributed by atoms with E-state index in [1.807, 2.05) is 0 Å². The third kappa shape index (κ3) is 2.05. The number of hydrogen-bond donors (Lipinski definition) is 0. The number of halogens is 4. The van der Waals surface area contributed by atoms with Gasteiger partial charge >= 0.3 is 6.18 Å². The van der Waals surface area contributed by atoms with Crippen molar-refractivity contribution in [3.63, 3.8) is 0 Å². The Balaban J connectivity index is 1.92. The minimum atomic E-state index is -4.27. The van der Waals surface area contributed by atoms with Crippen LogP contribution < -0.4 is 4.90 Å². The summed E-state index contributed by atoms with van der Waals surface area (Å²) in [4.78, 5) is 2.05. The molecule has 1 saturated heterocycles. The van der Waals surface area contributed by atoms with Gasteiger partial charge in [-0.3, -0.25) is 0 Å². The Hall–Kier alpha value is -0.710. The highest BCUT2D eigenvalue weighted by Crippen LogP contribution is 2.48. The molecule has 1 heterocycles. The summed E-state index contributed by atoms with van der Waals surface area (Å²) >= 11 is 3.33. The summed E-state index contributed by atoms with van der Waals surface area (Å²) in [5, 5.41) is 0. The number of rotatable bonds is 1. The first kappa shape index (κ1) is 11.4. The minimum Gasteiger partial charge on any atom is -0.370 e. The summed E-state index contributed by atoms with van der Waals surface area (Å²) in [6.07, 6.45) is -3.02. The highest BCUT2D eigenvalue weighted by atomic mass is 79.9. The van der Waals surface area contributed by atoms with Gasteiger partial charge in [-0.2, -0.15) is 13.2 Å². The molecular weight excluding hydrogens is 295 g/mol. The normalized spacial score (nSPS) is 27.2. The fourth-order valence-corrected chi connectivity index (χ4v) is 3.02. The molecule has 1 aliphatic carbocycles. The number of benzene rings is 1. The van der Waals surface area contributed by atoms with E-state index in [2.05, 4.69) is 20.8 Å². The quantitative estimate of drug-likeness (QED) is 0.760. The number of piperidine rings is 1. The molecule has 2 fully saturated rings. The zero-order chi connectivity index (χ0) is 12.2. The van der Waals surface area contributed by atoms with E-state index in [9.17, 15) is 13.2 Å². The SMILES string of the molecule is FC(F)(F)c1ccc(Br)c(N2CC3C[C@H]3C2)c1. The maximum absolute atomic E-state index is 12.6. The molecule has 0 aromatic heterocycles. The predicted octanol–water partition coefficient (Wildman–Crippen LogP) is 3.92. The van der Waals surface area contributed by atoms with E-state index >= 15 is 0 Å². The molecule has 0 radical (unpaired) electrons. The second-order valence-corrected chi connectivity index (χ2v) is 5.68. The fourth-order valence-electron chi connectivity index (χ4n) is 2.53. The van der Waals surface area contributed by atoms with E-state index in [4.69, 9.17) is 0 Å². The molecule has 0 N–H and O–H groups in total. The van der Waals surface area contributed by atoms with Crippen molar-refractivity contribution >= 4 is 21.6 Å². The van der Waals surface area contributed by atoms with Crippen LogP contribution in [-0.2, 0) is 6.18 Å². The summed E-state index contributed by atoms with van der Waals surface area (Å²) in [5.41, 5.74) is 0.100. The van der Waals surface area contributed by atoms with Gasteiger partial charge in [0.2, 0.25) is 0 Å². The summed E-state index contributed by atoms with van der Waals surface area (Å²) in [7, 11) is 0. The third-order valence-corrected chi connectivity index (χ3v) is 4.26. The van der Waals surface area contributed by atoms with Crippen molar-refractivity contribution in [1.29, 1.82) is 0 Å². The molecule has 0 amide bonds. The van der Waals surface area contributed by atoms with E-state index in [0.717, 1.165) is 23.6 Å². The predicted molar refractivity (Wildman–Crippen MR) is 63.0 cm³/mol. The monoisotopic (exact) mass is 305 g/mol. The minimum absolute atomic E-state index is 0.573. The molecule has 3 rings (SSSR count). The summed E-state index contributed by atoms with van der Waals surface area (Å²) in [6, 6.07) is 3.85. The van der Waals surface area contributed by atoms with Gasteiger partial charge in [0.1, 0.15) is 0 Å². The number of alkyl halides is 3. The van der Waals surface area contributed by atoms with Gasteiger partial charge in [0, 0.05) is 17.6 Å². The van der Waals surface area contributed by atoms with E-state index in [1.165, 1.54) is 18.6 Å². The van der Waals surface area contributed by atoms with Gasteiger partial charge in [0.15, 0.2) is 0 Å². The third-order valence-electron chi connectivity index (χ3n) is 3.59. The van der Waals surface area contributed by atoms with E-state index in [-0.39, 0.29) is 0 Å². The van der Waals surface area contributed by atoms with E-state index in [0.29, 0.717) is 17.5 Å². The van der Waals surface area contributed by atoms with Crippen LogP contribution in [0.2, 0.25) is 0 Å². The zero-order valence-electron chi connectivity index (χ0n) is 8.97. The topological polar surface area (TPSA) is 3.24 Å². The molecule has 0 bridgehead atoms. The molecule has 1 nitrogen and oxygen atoms in total. The summed E-state index contributed by atoms with van der Waals surface area (Å²) in [5.74, 6) is 1.41. The van der Waals surface area contributed by atoms with Gasteiger partial charge in [-0.15, -0.1) is 0 Å². The van der Waals surface area contributed by atoms with Crippen LogP contribution in [0.1, 0.15) is 12.0 Å². The maximum atomic E-state index is 12.6. The summed E-state index contributed by atoms with van der Waals surface area (Å²) in [6.45, 7) is 1.79. The maximum Gasteiger partial charge on any atom is 0.416 e. The lowest BCUT2D eigenvalue weighted by Gasteiger charge is -2.22. The molecule has 1 aliphatic heterocycles. The molecule has 0 spiro atoms. The van der Waals surface area contributed by atoms with E-state index < -0.39 is 11.7 Å². The Morgan fingerprint density at radius 1 is 1.18 bits per heavy atom. The fraction of sp³-hybridized carbons (Fsp3) is 0.500. The Morgan fingerprint density at radius 2 is 1.82 bits per heavy atom. The molecule has 17 heavy (non-hydrogen) atoms. The first-order valence-corrected chi connectivity index (χ1v) is 6.36. The second-order valence-electron chi connectivity index (χ2n) is 4.82. The molecule has 1 saturated carbocycles. The van der Waals surface area contributed by atoms with Crippen LogP contribution >= 0.6 is 15.9 Å². The van der Waals surface area contributed by atoms with Gasteiger partial charge in [0.05, 0.1) is 11.3 Å². The van der Waals surface area contributed by atoms with Crippen LogP contribution in [0.4, 0.5) is 18.9 Å². The lowest BCUT2D eigenvalue weighted by atomic mass is 10.2. The molecular formula is C12H11BrF3N. The van der Waals surface area contributed by atoms with Crippen molar-refractivity contribution in [2.75, 3.05) is 18.0 Å². The standard InChI is InChI=1S/C12H11BrF3N/c13-10-2-1-9(12(14,15)16)4-11(10)17-5-7-3-8(7)6-17/h1-2,4,7-8H,3,5-6H2/t7-,8?/m0/s1. The Morgan fingerprint density at radius 3 is 2.41 bits per heavy atom. The van der Waals surface area contributed by atoms with Gasteiger partial charge in [-0.1, -0.05) is 0 Å². The van der Waals surface area contributed by atoms with Crippen LogP contribution in [-0.4, -0.2) is 13.1 Å². The number of fused-ring (bicyclic) bond motifs is 1. The Labute approximate surface area is 106 Å². The highest BCUT2D eigenvalue weighted by Gasteiger charge is 2.45. The van der Waals surface area contributed by atoms with Crippen molar-refractivity contribution in [3.8, 4) is 0 Å². The zero-order valence-corrected chi connectivity index (χ0v) is 10.6. The van der Waals surface area contributed by atoms with Crippen LogP contribution in [0.5, 0.6) is 0 Å². The Kier molecular flexibility index (Phi) is 2.44. The largest absolute Gasteiger partial charge is 0.416 e. The molecule has 5 heteroatoms. The smallest absolute Gasteiger partial charge is 0.370 e. The van der Waals surface area contributed by atoms with Crippen molar-refractivity contribution in [2.24, 2.45) is 11.8 Å². The average Bonchev–Trinajstić information content (AvgIpc) is 2.85. The van der Waals surface area contributed by atoms with Crippen LogP contribution in [0, 0.1) is 11.8 Å². The molecule has 1 unspecified atom stereocenters. The molecule has 1 aromatic carbocycles. The molecule has 1 aromatic rings. The van der Waals surface area contributed by atoms with Crippen molar-refractivity contribution < 1.29 is 13.2 Å². The lowest BCUT2D eigenvalue weighted by Crippen LogP contribution is -2.22.